The van der Waals surface area contributed by atoms with Gasteiger partial charge in [-0.2, -0.15) is 0 Å². The van der Waals surface area contributed by atoms with E-state index in [4.69, 9.17) is 10.8 Å². The first-order valence-corrected chi connectivity index (χ1v) is 8.08. The van der Waals surface area contributed by atoms with Crippen molar-refractivity contribution < 1.29 is 9.90 Å². The molecule has 112 valence electrons. The molecular formula is C14H23N3O2S. The van der Waals surface area contributed by atoms with Gasteiger partial charge in [0.05, 0.1) is 5.69 Å². The highest BCUT2D eigenvalue weighted by molar-refractivity contribution is 7.13. The van der Waals surface area contributed by atoms with Crippen molar-refractivity contribution in [3.05, 3.63) is 11.1 Å². The van der Waals surface area contributed by atoms with E-state index in [-0.39, 0.29) is 0 Å². The number of aromatic nitrogens is 1. The molecule has 0 aliphatic carbocycles. The number of carboxylic acids is 1. The fourth-order valence-corrected chi connectivity index (χ4v) is 3.74. The molecule has 0 bridgehead atoms. The number of hydrogen-bond donors (Lipinski definition) is 2. The van der Waals surface area contributed by atoms with E-state index < -0.39 is 12.0 Å². The van der Waals surface area contributed by atoms with Gasteiger partial charge in [-0.1, -0.05) is 26.7 Å². The van der Waals surface area contributed by atoms with Crippen LogP contribution in [-0.4, -0.2) is 29.1 Å². The maximum absolute atomic E-state index is 10.9. The fraction of sp³-hybridized carbons (Fsp3) is 0.714. The molecule has 1 aromatic rings. The summed E-state index contributed by atoms with van der Waals surface area (Å²) in [6.07, 6.45) is 4.81. The lowest BCUT2D eigenvalue weighted by Crippen LogP contribution is -2.39. The van der Waals surface area contributed by atoms with Crippen molar-refractivity contribution >= 4 is 22.4 Å². The summed E-state index contributed by atoms with van der Waals surface area (Å²) < 4.78 is 0. The van der Waals surface area contributed by atoms with Crippen LogP contribution in [0.4, 0.5) is 5.13 Å². The number of carbonyl (C=O) groups is 1. The number of carboxylic acid groups (broad SMARTS) is 1. The third-order valence-electron chi connectivity index (χ3n) is 4.69. The van der Waals surface area contributed by atoms with Gasteiger partial charge in [0.25, 0.3) is 0 Å². The molecular weight excluding hydrogens is 274 g/mol. The average molecular weight is 297 g/mol. The van der Waals surface area contributed by atoms with Crippen molar-refractivity contribution in [3.63, 3.8) is 0 Å². The Hall–Kier alpha value is -1.14. The predicted molar refractivity (Wildman–Crippen MR) is 81.1 cm³/mol. The smallest absolute Gasteiger partial charge is 0.326 e. The number of thiazole rings is 1. The molecule has 0 spiro atoms. The zero-order valence-corrected chi connectivity index (χ0v) is 12.9. The second kappa shape index (κ2) is 6.10. The van der Waals surface area contributed by atoms with E-state index in [0.717, 1.165) is 18.2 Å². The van der Waals surface area contributed by atoms with Crippen LogP contribution in [0.1, 0.15) is 51.3 Å². The van der Waals surface area contributed by atoms with Gasteiger partial charge >= 0.3 is 5.97 Å². The predicted octanol–water partition coefficient (Wildman–Crippen LogP) is 2.63. The summed E-state index contributed by atoms with van der Waals surface area (Å²) >= 11 is 1.49. The Labute approximate surface area is 123 Å². The largest absolute Gasteiger partial charge is 0.480 e. The Kier molecular flexibility index (Phi) is 4.65. The van der Waals surface area contributed by atoms with Gasteiger partial charge in [0, 0.05) is 18.5 Å². The lowest BCUT2D eigenvalue weighted by atomic mass is 9.74. The minimum Gasteiger partial charge on any atom is -0.480 e. The zero-order chi connectivity index (χ0) is 14.8. The monoisotopic (exact) mass is 297 g/mol. The SMILES string of the molecule is CCC1(CC)CCN(c2nc(C(N)C(=O)O)cs2)CC1. The Morgan fingerprint density at radius 2 is 2.10 bits per heavy atom. The lowest BCUT2D eigenvalue weighted by molar-refractivity contribution is -0.138. The first-order chi connectivity index (χ1) is 9.51. The number of aliphatic carboxylic acids is 1. The minimum absolute atomic E-state index is 0.459. The first kappa shape index (κ1) is 15.3. The van der Waals surface area contributed by atoms with Crippen LogP contribution >= 0.6 is 11.3 Å². The molecule has 1 saturated heterocycles. The van der Waals surface area contributed by atoms with E-state index in [2.05, 4.69) is 23.7 Å². The van der Waals surface area contributed by atoms with Gasteiger partial charge in [0.15, 0.2) is 5.13 Å². The molecule has 0 saturated carbocycles. The molecule has 1 atom stereocenters. The molecule has 1 fully saturated rings. The van der Waals surface area contributed by atoms with Gasteiger partial charge < -0.3 is 15.7 Å². The normalized spacial score (nSPS) is 19.9. The minimum atomic E-state index is -1.03. The highest BCUT2D eigenvalue weighted by atomic mass is 32.1. The zero-order valence-electron chi connectivity index (χ0n) is 12.1. The van der Waals surface area contributed by atoms with E-state index in [0.29, 0.717) is 11.1 Å². The van der Waals surface area contributed by atoms with E-state index >= 15 is 0 Å². The molecule has 0 aromatic carbocycles. The second-order valence-electron chi connectivity index (χ2n) is 5.57. The molecule has 1 aromatic heterocycles. The number of rotatable bonds is 5. The van der Waals surface area contributed by atoms with Crippen LogP contribution in [0.2, 0.25) is 0 Å². The summed E-state index contributed by atoms with van der Waals surface area (Å²) in [5.74, 6) is -1.03. The molecule has 5 nitrogen and oxygen atoms in total. The summed E-state index contributed by atoms with van der Waals surface area (Å²) in [5, 5.41) is 11.6. The molecule has 2 rings (SSSR count). The Morgan fingerprint density at radius 3 is 2.60 bits per heavy atom. The lowest BCUT2D eigenvalue weighted by Gasteiger charge is -2.40. The van der Waals surface area contributed by atoms with Crippen LogP contribution in [0.25, 0.3) is 0 Å². The molecule has 20 heavy (non-hydrogen) atoms. The molecule has 0 amide bonds. The quantitative estimate of drug-likeness (QED) is 0.873. The van der Waals surface area contributed by atoms with Gasteiger partial charge in [-0.25, -0.2) is 4.98 Å². The van der Waals surface area contributed by atoms with Crippen molar-refractivity contribution in [1.82, 2.24) is 4.98 Å². The van der Waals surface area contributed by atoms with E-state index in [1.54, 1.807) is 5.38 Å². The van der Waals surface area contributed by atoms with Crippen LogP contribution in [-0.2, 0) is 4.79 Å². The Morgan fingerprint density at radius 1 is 1.50 bits per heavy atom. The highest BCUT2D eigenvalue weighted by Crippen LogP contribution is 2.39. The first-order valence-electron chi connectivity index (χ1n) is 7.20. The molecule has 1 aliphatic rings. The van der Waals surface area contributed by atoms with Gasteiger partial charge in [-0.05, 0) is 18.3 Å². The third kappa shape index (κ3) is 2.96. The summed E-state index contributed by atoms with van der Waals surface area (Å²) in [5.41, 5.74) is 6.53. The maximum Gasteiger partial charge on any atom is 0.326 e. The van der Waals surface area contributed by atoms with Crippen molar-refractivity contribution in [3.8, 4) is 0 Å². The molecule has 1 unspecified atom stereocenters. The van der Waals surface area contributed by atoms with E-state index in [1.165, 1.54) is 37.0 Å². The van der Waals surface area contributed by atoms with Crippen LogP contribution < -0.4 is 10.6 Å². The number of nitrogens with zero attached hydrogens (tertiary/aromatic N) is 2. The fourth-order valence-electron chi connectivity index (χ4n) is 2.82. The second-order valence-corrected chi connectivity index (χ2v) is 6.40. The average Bonchev–Trinajstić information content (AvgIpc) is 2.96. The Bertz CT molecular complexity index is 461. The molecule has 3 N–H and O–H groups in total. The van der Waals surface area contributed by atoms with Crippen LogP contribution in [0.3, 0.4) is 0 Å². The van der Waals surface area contributed by atoms with Gasteiger partial charge in [0.2, 0.25) is 0 Å². The van der Waals surface area contributed by atoms with Crippen molar-refractivity contribution in [2.24, 2.45) is 11.1 Å². The number of nitrogens with two attached hydrogens (primary N) is 1. The van der Waals surface area contributed by atoms with Crippen LogP contribution in [0.15, 0.2) is 5.38 Å². The van der Waals surface area contributed by atoms with Gasteiger partial charge in [-0.3, -0.25) is 4.79 Å². The Balaban J connectivity index is 2.03. The molecule has 2 heterocycles. The highest BCUT2D eigenvalue weighted by Gasteiger charge is 2.32. The number of piperidine rings is 1. The summed E-state index contributed by atoms with van der Waals surface area (Å²) in [4.78, 5) is 17.5. The third-order valence-corrected chi connectivity index (χ3v) is 5.61. The molecule has 0 radical (unpaired) electrons. The molecule has 1 aliphatic heterocycles. The standard InChI is InChI=1S/C14H23N3O2S/c1-3-14(4-2)5-7-17(8-6-14)13-16-10(9-20-13)11(15)12(18)19/h9,11H,3-8,15H2,1-2H3,(H,18,19). The summed E-state index contributed by atoms with van der Waals surface area (Å²) in [6.45, 7) is 6.53. The molecule has 6 heteroatoms. The summed E-state index contributed by atoms with van der Waals surface area (Å²) in [7, 11) is 0. The van der Waals surface area contributed by atoms with Crippen LogP contribution in [0, 0.1) is 5.41 Å². The van der Waals surface area contributed by atoms with Crippen molar-refractivity contribution in [1.29, 1.82) is 0 Å². The van der Waals surface area contributed by atoms with E-state index in [1.807, 2.05) is 0 Å². The topological polar surface area (TPSA) is 79.5 Å². The number of anilines is 1. The van der Waals surface area contributed by atoms with Crippen molar-refractivity contribution in [2.75, 3.05) is 18.0 Å². The van der Waals surface area contributed by atoms with Crippen molar-refractivity contribution in [2.45, 2.75) is 45.6 Å². The van der Waals surface area contributed by atoms with Crippen LogP contribution in [0.5, 0.6) is 0 Å². The number of hydrogen-bond acceptors (Lipinski definition) is 5. The van der Waals surface area contributed by atoms with Gasteiger partial charge in [0.1, 0.15) is 6.04 Å². The van der Waals surface area contributed by atoms with Gasteiger partial charge in [-0.15, -0.1) is 11.3 Å². The summed E-state index contributed by atoms with van der Waals surface area (Å²) in [6, 6.07) is -1.02. The maximum atomic E-state index is 10.9. The van der Waals surface area contributed by atoms with E-state index in [9.17, 15) is 4.79 Å².